The van der Waals surface area contributed by atoms with Gasteiger partial charge >= 0.3 is 0 Å². The molecule has 0 saturated carbocycles. The molecule has 6 nitrogen and oxygen atoms in total. The van der Waals surface area contributed by atoms with Gasteiger partial charge in [-0.1, -0.05) is 54.6 Å². The smallest absolute Gasteiger partial charge is 0.250 e. The van der Waals surface area contributed by atoms with Crippen molar-refractivity contribution in [2.24, 2.45) is 5.73 Å². The Morgan fingerprint density at radius 2 is 1.65 bits per heavy atom. The summed E-state index contributed by atoms with van der Waals surface area (Å²) in [5.41, 5.74) is 11.1. The summed E-state index contributed by atoms with van der Waals surface area (Å²) in [5.74, 6) is -0.363. The van der Waals surface area contributed by atoms with E-state index in [1.54, 1.807) is 37.6 Å². The number of benzene rings is 4. The number of carbonyl (C=O) groups is 2. The molecular formula is C31H26N2O4. The van der Waals surface area contributed by atoms with Crippen LogP contribution in [0.5, 0.6) is 5.75 Å². The van der Waals surface area contributed by atoms with Crippen molar-refractivity contribution in [2.45, 2.75) is 13.8 Å². The van der Waals surface area contributed by atoms with Gasteiger partial charge in [0.25, 0.3) is 5.91 Å². The Morgan fingerprint density at radius 3 is 2.43 bits per heavy atom. The summed E-state index contributed by atoms with van der Waals surface area (Å²) in [7, 11) is 1.60. The van der Waals surface area contributed by atoms with E-state index >= 15 is 0 Å². The van der Waals surface area contributed by atoms with Crippen molar-refractivity contribution in [3.63, 3.8) is 0 Å². The molecule has 4 aromatic carbocycles. The molecule has 1 heterocycles. The summed E-state index contributed by atoms with van der Waals surface area (Å²) in [4.78, 5) is 24.6. The van der Waals surface area contributed by atoms with Crippen LogP contribution in [-0.4, -0.2) is 18.9 Å². The lowest BCUT2D eigenvalue weighted by atomic mass is 9.94. The number of amides is 2. The van der Waals surface area contributed by atoms with Gasteiger partial charge in [-0.05, 0) is 54.0 Å². The maximum Gasteiger partial charge on any atom is 0.250 e. The van der Waals surface area contributed by atoms with Crippen LogP contribution >= 0.6 is 0 Å². The number of carbonyl (C=O) groups excluding carboxylic acids is 2. The average molecular weight is 491 g/mol. The third-order valence-corrected chi connectivity index (χ3v) is 6.55. The number of primary amides is 1. The van der Waals surface area contributed by atoms with E-state index in [1.807, 2.05) is 38.1 Å². The van der Waals surface area contributed by atoms with Gasteiger partial charge in [0, 0.05) is 28.2 Å². The second-order valence-corrected chi connectivity index (χ2v) is 8.86. The van der Waals surface area contributed by atoms with Crippen molar-refractivity contribution >= 4 is 44.8 Å². The normalized spacial score (nSPS) is 11.6. The van der Waals surface area contributed by atoms with Crippen LogP contribution in [0.4, 0.5) is 5.69 Å². The van der Waals surface area contributed by atoms with Crippen LogP contribution in [0.2, 0.25) is 0 Å². The molecule has 0 atom stereocenters. The zero-order valence-corrected chi connectivity index (χ0v) is 20.8. The van der Waals surface area contributed by atoms with Crippen molar-refractivity contribution in [3.05, 3.63) is 102 Å². The minimum Gasteiger partial charge on any atom is -0.496 e. The zero-order chi connectivity index (χ0) is 26.1. The minimum atomic E-state index is -0.611. The highest BCUT2D eigenvalue weighted by Crippen LogP contribution is 2.42. The van der Waals surface area contributed by atoms with Crippen LogP contribution in [0.1, 0.15) is 28.4 Å². The molecule has 5 aromatic rings. The van der Waals surface area contributed by atoms with Gasteiger partial charge in [0.15, 0.2) is 0 Å². The highest BCUT2D eigenvalue weighted by Gasteiger charge is 2.20. The van der Waals surface area contributed by atoms with Gasteiger partial charge in [-0.3, -0.25) is 9.59 Å². The fourth-order valence-electron chi connectivity index (χ4n) is 4.79. The monoisotopic (exact) mass is 490 g/mol. The molecule has 3 N–H and O–H groups in total. The molecule has 0 aliphatic rings. The third-order valence-electron chi connectivity index (χ3n) is 6.55. The first kappa shape index (κ1) is 23.9. The molecule has 0 fully saturated rings. The van der Waals surface area contributed by atoms with Crippen LogP contribution in [0.3, 0.4) is 0 Å². The summed E-state index contributed by atoms with van der Waals surface area (Å²) in [6.07, 6.45) is 3.26. The van der Waals surface area contributed by atoms with E-state index in [4.69, 9.17) is 14.9 Å². The van der Waals surface area contributed by atoms with Crippen LogP contribution in [0, 0.1) is 6.92 Å². The zero-order valence-electron chi connectivity index (χ0n) is 20.8. The molecule has 184 valence electrons. The number of nitrogens with two attached hydrogens (primary N) is 1. The summed E-state index contributed by atoms with van der Waals surface area (Å²) in [6, 6.07) is 23.1. The fourth-order valence-corrected chi connectivity index (χ4v) is 4.79. The lowest BCUT2D eigenvalue weighted by Crippen LogP contribution is -2.17. The van der Waals surface area contributed by atoms with E-state index < -0.39 is 5.91 Å². The standard InChI is InChI=1S/C31H26N2O4/c1-18(15-28(34)33-27-14-7-6-12-23(27)31(32)35)24-16-25-26(17-37-30(25)19(2)29(24)36-3)22-13-8-10-20-9-4-5-11-21(20)22/h4-17H,1-3H3,(H2,32,35)(H,33,34)/b18-15+. The van der Waals surface area contributed by atoms with Crippen molar-refractivity contribution in [3.8, 4) is 16.9 Å². The molecule has 6 heteroatoms. The Kier molecular flexibility index (Phi) is 6.24. The van der Waals surface area contributed by atoms with Crippen molar-refractivity contribution < 1.29 is 18.7 Å². The first-order valence-electron chi connectivity index (χ1n) is 11.8. The molecule has 0 bridgehead atoms. The summed E-state index contributed by atoms with van der Waals surface area (Å²) in [6.45, 7) is 3.79. The van der Waals surface area contributed by atoms with Gasteiger partial charge in [0.1, 0.15) is 11.3 Å². The van der Waals surface area contributed by atoms with Crippen LogP contribution in [-0.2, 0) is 4.79 Å². The van der Waals surface area contributed by atoms with E-state index in [1.165, 1.54) is 6.08 Å². The number of fused-ring (bicyclic) bond motifs is 2. The number of hydrogen-bond donors (Lipinski definition) is 2. The number of nitrogens with one attached hydrogen (secondary N) is 1. The molecular weight excluding hydrogens is 464 g/mol. The number of allylic oxidation sites excluding steroid dienone is 1. The highest BCUT2D eigenvalue weighted by molar-refractivity contribution is 6.10. The van der Waals surface area contributed by atoms with Gasteiger partial charge in [-0.2, -0.15) is 0 Å². The molecule has 0 aliphatic carbocycles. The Bertz CT molecular complexity index is 1710. The highest BCUT2D eigenvalue weighted by atomic mass is 16.5. The Balaban J connectivity index is 1.60. The topological polar surface area (TPSA) is 94.6 Å². The Hall–Kier alpha value is -4.84. The number of anilines is 1. The number of hydrogen-bond acceptors (Lipinski definition) is 4. The number of rotatable bonds is 6. The van der Waals surface area contributed by atoms with Gasteiger partial charge in [-0.25, -0.2) is 0 Å². The SMILES string of the molecule is COc1c(/C(C)=C/C(=O)Nc2ccccc2C(N)=O)cc2c(-c3cccc4ccccc34)coc2c1C. The van der Waals surface area contributed by atoms with Gasteiger partial charge in [0.2, 0.25) is 5.91 Å². The predicted octanol–water partition coefficient (Wildman–Crippen LogP) is 6.71. The second-order valence-electron chi connectivity index (χ2n) is 8.86. The summed E-state index contributed by atoms with van der Waals surface area (Å²) >= 11 is 0. The molecule has 5 rings (SSSR count). The molecule has 0 spiro atoms. The Labute approximate surface area is 214 Å². The van der Waals surface area contributed by atoms with Gasteiger partial charge < -0.3 is 20.2 Å². The molecule has 0 saturated heterocycles. The quantitative estimate of drug-likeness (QED) is 0.259. The number of para-hydroxylation sites is 1. The summed E-state index contributed by atoms with van der Waals surface area (Å²) < 4.78 is 11.8. The first-order chi connectivity index (χ1) is 17.9. The van der Waals surface area contributed by atoms with E-state index in [9.17, 15) is 9.59 Å². The predicted molar refractivity (Wildman–Crippen MR) is 148 cm³/mol. The number of methoxy groups -OCH3 is 1. The third kappa shape index (κ3) is 4.34. The number of furan rings is 1. The second kappa shape index (κ2) is 9.66. The largest absolute Gasteiger partial charge is 0.496 e. The molecule has 37 heavy (non-hydrogen) atoms. The van der Waals surface area contributed by atoms with E-state index in [2.05, 4.69) is 29.6 Å². The fraction of sp³-hybridized carbons (Fsp3) is 0.0968. The van der Waals surface area contributed by atoms with Crippen LogP contribution in [0.15, 0.2) is 89.6 Å². The molecule has 1 aromatic heterocycles. The number of aryl methyl sites for hydroxylation is 1. The lowest BCUT2D eigenvalue weighted by Gasteiger charge is -2.14. The molecule has 2 amide bonds. The van der Waals surface area contributed by atoms with Crippen LogP contribution < -0.4 is 15.8 Å². The lowest BCUT2D eigenvalue weighted by molar-refractivity contribution is -0.111. The van der Waals surface area contributed by atoms with Crippen molar-refractivity contribution in [2.75, 3.05) is 12.4 Å². The maximum absolute atomic E-state index is 12.9. The van der Waals surface area contributed by atoms with E-state index in [0.29, 0.717) is 17.0 Å². The minimum absolute atomic E-state index is 0.245. The van der Waals surface area contributed by atoms with Crippen molar-refractivity contribution in [1.29, 1.82) is 0 Å². The first-order valence-corrected chi connectivity index (χ1v) is 11.8. The average Bonchev–Trinajstić information content (AvgIpc) is 3.32. The Morgan fingerprint density at radius 1 is 0.919 bits per heavy atom. The van der Waals surface area contributed by atoms with E-state index in [-0.39, 0.29) is 11.5 Å². The van der Waals surface area contributed by atoms with Crippen LogP contribution in [0.25, 0.3) is 38.4 Å². The number of ether oxygens (including phenoxy) is 1. The molecule has 0 unspecified atom stereocenters. The van der Waals surface area contributed by atoms with Gasteiger partial charge in [-0.15, -0.1) is 0 Å². The van der Waals surface area contributed by atoms with Gasteiger partial charge in [0.05, 0.1) is 24.6 Å². The summed E-state index contributed by atoms with van der Waals surface area (Å²) in [5, 5.41) is 5.96. The van der Waals surface area contributed by atoms with E-state index in [0.717, 1.165) is 44.0 Å². The molecule has 0 radical (unpaired) electrons. The van der Waals surface area contributed by atoms with Crippen molar-refractivity contribution in [1.82, 2.24) is 0 Å². The maximum atomic E-state index is 12.9. The molecule has 0 aliphatic heterocycles.